The molecule has 0 heterocycles. The molecule has 9 heavy (non-hydrogen) atoms. The summed E-state index contributed by atoms with van der Waals surface area (Å²) in [5.41, 5.74) is 0. The zero-order valence-electron chi connectivity index (χ0n) is 3.53. The molecule has 46 valence electrons. The molecule has 0 aromatic heterocycles. The topological polar surface area (TPSA) is 77.8 Å². The molecule has 1 unspecified atom stereocenters. The summed E-state index contributed by atoms with van der Waals surface area (Å²) in [5, 5.41) is 23.7. The van der Waals surface area contributed by atoms with Crippen molar-refractivity contribution >= 4 is 109 Å². The average Bonchev–Trinajstić information content (AvgIpc) is 1.65. The number of carbonyl (C=O) groups is 1. The number of rotatable bonds is 2. The normalized spacial score (nSPS) is 10.4. The van der Waals surface area contributed by atoms with Crippen LogP contribution in [0.15, 0.2) is 0 Å². The number of hydrogen-bond acceptors (Lipinski definition) is 3. The number of aliphatic hydroxyl groups excluding tert-OH is 2. The Morgan fingerprint density at radius 1 is 1.44 bits per heavy atom. The van der Waals surface area contributed by atoms with Crippen LogP contribution in [-0.4, -0.2) is 137 Å². The van der Waals surface area contributed by atoms with Gasteiger partial charge in [0.05, 0.1) is 6.61 Å². The Kier molecular flexibility index (Phi) is 20.9. The van der Waals surface area contributed by atoms with E-state index in [0.717, 1.165) is 0 Å². The van der Waals surface area contributed by atoms with Crippen LogP contribution in [0.25, 0.3) is 0 Å². The molecule has 0 aliphatic carbocycles. The van der Waals surface area contributed by atoms with Gasteiger partial charge in [-0.3, -0.25) is 0 Å². The molecule has 4 nitrogen and oxygen atoms in total. The Labute approximate surface area is 138 Å². The maximum atomic E-state index is 9.52. The predicted molar refractivity (Wildman–Crippen MR) is 35.0 cm³/mol. The number of aliphatic hydroxyl groups is 2. The van der Waals surface area contributed by atoms with E-state index in [4.69, 9.17) is 15.3 Å². The van der Waals surface area contributed by atoms with Crippen molar-refractivity contribution in [2.45, 2.75) is 6.10 Å². The molecule has 0 saturated carbocycles. The number of aliphatic carboxylic acids is 1. The van der Waals surface area contributed by atoms with Crippen molar-refractivity contribution in [1.82, 2.24) is 0 Å². The minimum atomic E-state index is -1.63. The third-order valence-corrected chi connectivity index (χ3v) is 0.458. The molecule has 0 aromatic carbocycles. The summed E-state index contributed by atoms with van der Waals surface area (Å²) < 4.78 is 0. The van der Waals surface area contributed by atoms with E-state index in [-0.39, 0.29) is 103 Å². The maximum absolute atomic E-state index is 9.52. The van der Waals surface area contributed by atoms with E-state index in [1.807, 2.05) is 0 Å². The van der Waals surface area contributed by atoms with Gasteiger partial charge in [-0.2, -0.15) is 0 Å². The SMILES string of the molecule is O=C(O)C(O)CO.[KH].[KH]. The fourth-order valence-electron chi connectivity index (χ4n) is 0.0781. The molecule has 0 aliphatic heterocycles. The van der Waals surface area contributed by atoms with Crippen LogP contribution in [0.2, 0.25) is 0 Å². The van der Waals surface area contributed by atoms with Crippen molar-refractivity contribution in [3.05, 3.63) is 0 Å². The van der Waals surface area contributed by atoms with Gasteiger partial charge in [-0.05, 0) is 0 Å². The fourth-order valence-corrected chi connectivity index (χ4v) is 0.0781. The van der Waals surface area contributed by atoms with Crippen LogP contribution in [-0.2, 0) is 4.79 Å². The summed E-state index contributed by atoms with van der Waals surface area (Å²) in [6.07, 6.45) is -1.63. The molecule has 0 bridgehead atoms. The Balaban J connectivity index is -0.000000180. The van der Waals surface area contributed by atoms with Crippen LogP contribution in [0, 0.1) is 0 Å². The second-order valence-electron chi connectivity index (χ2n) is 1.04. The average molecular weight is 186 g/mol. The van der Waals surface area contributed by atoms with Crippen molar-refractivity contribution in [3.63, 3.8) is 0 Å². The van der Waals surface area contributed by atoms with Crippen molar-refractivity contribution in [3.8, 4) is 0 Å². The van der Waals surface area contributed by atoms with Crippen LogP contribution in [0.1, 0.15) is 0 Å². The van der Waals surface area contributed by atoms with Crippen molar-refractivity contribution in [2.75, 3.05) is 6.61 Å². The Hall–Kier alpha value is 2.66. The summed E-state index contributed by atoms with van der Waals surface area (Å²) in [5.74, 6) is -1.40. The molecule has 0 aromatic rings. The summed E-state index contributed by atoms with van der Waals surface area (Å²) in [6, 6.07) is 0. The molecule has 6 heteroatoms. The quantitative estimate of drug-likeness (QED) is 0.405. The first kappa shape index (κ1) is 17.7. The van der Waals surface area contributed by atoms with Gasteiger partial charge in [-0.1, -0.05) is 0 Å². The van der Waals surface area contributed by atoms with Crippen LogP contribution >= 0.6 is 0 Å². The number of carboxylic acid groups (broad SMARTS) is 1. The molecule has 0 fully saturated rings. The first-order chi connectivity index (χ1) is 3.18. The molecule has 0 radical (unpaired) electrons. The van der Waals surface area contributed by atoms with E-state index in [9.17, 15) is 4.79 Å². The standard InChI is InChI=1S/C3H6O4.2K.2H/c4-1-2(5)3(6)7;;;;/h2,4-5H,1H2,(H,6,7);;;;. The van der Waals surface area contributed by atoms with Gasteiger partial charge in [0.15, 0.2) is 6.10 Å². The second kappa shape index (κ2) is 10.7. The minimum absolute atomic E-state index is 0. The molecule has 0 saturated heterocycles. The van der Waals surface area contributed by atoms with E-state index < -0.39 is 18.7 Å². The molecule has 1 atom stereocenters. The first-order valence-electron chi connectivity index (χ1n) is 1.70. The van der Waals surface area contributed by atoms with Gasteiger partial charge in [0, 0.05) is 0 Å². The van der Waals surface area contributed by atoms with E-state index in [1.165, 1.54) is 0 Å². The first-order valence-corrected chi connectivity index (χ1v) is 1.70. The Morgan fingerprint density at radius 2 is 1.78 bits per heavy atom. The van der Waals surface area contributed by atoms with Crippen molar-refractivity contribution in [2.24, 2.45) is 0 Å². The summed E-state index contributed by atoms with van der Waals surface area (Å²) >= 11 is 0. The third kappa shape index (κ3) is 10.7. The van der Waals surface area contributed by atoms with Crippen LogP contribution in [0.4, 0.5) is 0 Å². The van der Waals surface area contributed by atoms with Crippen LogP contribution < -0.4 is 0 Å². The summed E-state index contributed by atoms with van der Waals surface area (Å²) in [7, 11) is 0. The molecular weight excluding hydrogens is 178 g/mol. The predicted octanol–water partition coefficient (Wildman–Crippen LogP) is -2.87. The zero-order chi connectivity index (χ0) is 5.86. The Bertz CT molecular complexity index is 76.2. The monoisotopic (exact) mass is 186 g/mol. The summed E-state index contributed by atoms with van der Waals surface area (Å²) in [6.45, 7) is -0.727. The van der Waals surface area contributed by atoms with E-state index >= 15 is 0 Å². The summed E-state index contributed by atoms with van der Waals surface area (Å²) in [4.78, 5) is 9.52. The van der Waals surface area contributed by atoms with Crippen molar-refractivity contribution in [1.29, 1.82) is 0 Å². The number of hydrogen-bond donors (Lipinski definition) is 3. The molecular formula is C3H8K2O4. The Morgan fingerprint density at radius 3 is 1.78 bits per heavy atom. The van der Waals surface area contributed by atoms with Gasteiger partial charge in [0.2, 0.25) is 0 Å². The number of carboxylic acids is 1. The molecule has 0 aliphatic rings. The van der Waals surface area contributed by atoms with Gasteiger partial charge in [0.1, 0.15) is 0 Å². The van der Waals surface area contributed by atoms with E-state index in [2.05, 4.69) is 0 Å². The van der Waals surface area contributed by atoms with Gasteiger partial charge < -0.3 is 15.3 Å². The molecule has 3 N–H and O–H groups in total. The third-order valence-electron chi connectivity index (χ3n) is 0.458. The zero-order valence-corrected chi connectivity index (χ0v) is 3.53. The molecule has 0 spiro atoms. The van der Waals surface area contributed by atoms with Gasteiger partial charge >= 0.3 is 109 Å². The van der Waals surface area contributed by atoms with Gasteiger partial charge in [-0.15, -0.1) is 0 Å². The van der Waals surface area contributed by atoms with Gasteiger partial charge in [0.25, 0.3) is 0 Å². The second-order valence-corrected chi connectivity index (χ2v) is 1.04. The van der Waals surface area contributed by atoms with Gasteiger partial charge in [-0.25, -0.2) is 4.79 Å². The molecule has 0 rings (SSSR count). The fraction of sp³-hybridized carbons (Fsp3) is 0.667. The van der Waals surface area contributed by atoms with E-state index in [1.54, 1.807) is 0 Å². The van der Waals surface area contributed by atoms with E-state index in [0.29, 0.717) is 0 Å². The van der Waals surface area contributed by atoms with Crippen LogP contribution in [0.3, 0.4) is 0 Å². The van der Waals surface area contributed by atoms with Crippen molar-refractivity contribution < 1.29 is 20.1 Å². The van der Waals surface area contributed by atoms with Crippen LogP contribution in [0.5, 0.6) is 0 Å². The molecule has 0 amide bonds.